The number of furan rings is 1. The number of likely N-dealkylation sites (tertiary alicyclic amines) is 1. The summed E-state index contributed by atoms with van der Waals surface area (Å²) in [5.41, 5.74) is 0. The Morgan fingerprint density at radius 1 is 1.50 bits per heavy atom. The van der Waals surface area contributed by atoms with E-state index >= 15 is 0 Å². The molecule has 0 aromatic carbocycles. The number of methoxy groups -OCH3 is 1. The van der Waals surface area contributed by atoms with E-state index in [0.29, 0.717) is 25.1 Å². The highest BCUT2D eigenvalue weighted by Gasteiger charge is 2.42. The Kier molecular flexibility index (Phi) is 6.15. The normalized spacial score (nSPS) is 20.0. The van der Waals surface area contributed by atoms with Gasteiger partial charge in [0.1, 0.15) is 17.6 Å². The van der Waals surface area contributed by atoms with Crippen LogP contribution >= 0.6 is 0 Å². The predicted octanol–water partition coefficient (Wildman–Crippen LogP) is 3.51. The molecule has 1 N–H and O–H groups in total. The van der Waals surface area contributed by atoms with E-state index in [-0.39, 0.29) is 19.6 Å². The van der Waals surface area contributed by atoms with Gasteiger partial charge in [-0.2, -0.15) is 13.2 Å². The zero-order chi connectivity index (χ0) is 17.7. The molecule has 0 saturated carbocycles. The van der Waals surface area contributed by atoms with Crippen molar-refractivity contribution in [2.45, 2.75) is 38.4 Å². The second kappa shape index (κ2) is 7.92. The van der Waals surface area contributed by atoms with E-state index < -0.39 is 24.2 Å². The Morgan fingerprint density at radius 2 is 2.25 bits per heavy atom. The van der Waals surface area contributed by atoms with Gasteiger partial charge in [0.15, 0.2) is 0 Å². The van der Waals surface area contributed by atoms with E-state index in [4.69, 9.17) is 9.15 Å². The van der Waals surface area contributed by atoms with Crippen LogP contribution in [0.25, 0.3) is 0 Å². The highest BCUT2D eigenvalue weighted by molar-refractivity contribution is 5.74. The monoisotopic (exact) mass is 348 g/mol. The quantitative estimate of drug-likeness (QED) is 0.886. The number of ether oxygens (including phenoxy) is 1. The molecule has 2 rings (SSSR count). The van der Waals surface area contributed by atoms with Crippen LogP contribution in [0.15, 0.2) is 16.5 Å². The summed E-state index contributed by atoms with van der Waals surface area (Å²) in [6.07, 6.45) is -3.16. The van der Waals surface area contributed by atoms with Crippen molar-refractivity contribution in [1.29, 1.82) is 0 Å². The Bertz CT molecular complexity index is 545. The number of urea groups is 1. The molecule has 0 aliphatic carbocycles. The number of amides is 2. The maximum Gasteiger partial charge on any atom is 0.393 e. The van der Waals surface area contributed by atoms with Gasteiger partial charge in [-0.25, -0.2) is 4.79 Å². The molecule has 0 unspecified atom stereocenters. The molecule has 5 nitrogen and oxygen atoms in total. The summed E-state index contributed by atoms with van der Waals surface area (Å²) in [6, 6.07) is 2.50. The molecular weight excluding hydrogens is 325 g/mol. The number of carbonyl (C=O) groups is 1. The van der Waals surface area contributed by atoms with Crippen LogP contribution in [-0.4, -0.2) is 43.9 Å². The van der Waals surface area contributed by atoms with Crippen molar-refractivity contribution in [2.75, 3.05) is 26.8 Å². The maximum atomic E-state index is 12.9. The second-order valence-corrected chi connectivity index (χ2v) is 5.94. The third kappa shape index (κ3) is 4.66. The molecule has 0 spiro atoms. The van der Waals surface area contributed by atoms with Crippen LogP contribution in [0.3, 0.4) is 0 Å². The van der Waals surface area contributed by atoms with Gasteiger partial charge in [-0.05, 0) is 25.0 Å². The minimum absolute atomic E-state index is 0.0623. The van der Waals surface area contributed by atoms with Crippen LogP contribution in [0.5, 0.6) is 0 Å². The fraction of sp³-hybridized carbons (Fsp3) is 0.688. The standard InChI is InChI=1S/C16H23F3N2O3/c1-3-12-6-7-14(24-12)13(10-23-2)20-15(22)21-8-4-5-11(9-21)16(17,18)19/h6-7,11,13H,3-5,8-10H2,1-2H3,(H,20,22)/t11-,13-/m0/s1. The van der Waals surface area contributed by atoms with Crippen molar-refractivity contribution in [2.24, 2.45) is 5.92 Å². The summed E-state index contributed by atoms with van der Waals surface area (Å²) in [6.45, 7) is 2.13. The lowest BCUT2D eigenvalue weighted by molar-refractivity contribution is -0.184. The minimum Gasteiger partial charge on any atom is -0.464 e. The number of hydrogen-bond acceptors (Lipinski definition) is 3. The summed E-state index contributed by atoms with van der Waals surface area (Å²) in [5.74, 6) is -0.157. The van der Waals surface area contributed by atoms with Gasteiger partial charge in [0.2, 0.25) is 0 Å². The fourth-order valence-corrected chi connectivity index (χ4v) is 2.80. The van der Waals surface area contributed by atoms with E-state index in [1.165, 1.54) is 12.0 Å². The molecule has 0 bridgehead atoms. The van der Waals surface area contributed by atoms with Crippen LogP contribution in [0.1, 0.15) is 37.3 Å². The number of nitrogens with zero attached hydrogens (tertiary/aromatic N) is 1. The number of aryl methyl sites for hydroxylation is 1. The van der Waals surface area contributed by atoms with Gasteiger partial charge >= 0.3 is 12.2 Å². The molecule has 1 aromatic rings. The van der Waals surface area contributed by atoms with Crippen molar-refractivity contribution in [3.63, 3.8) is 0 Å². The Hall–Kier alpha value is -1.70. The zero-order valence-electron chi connectivity index (χ0n) is 13.9. The van der Waals surface area contributed by atoms with E-state index in [9.17, 15) is 18.0 Å². The lowest BCUT2D eigenvalue weighted by Gasteiger charge is -2.34. The first-order valence-corrected chi connectivity index (χ1v) is 8.04. The number of nitrogens with one attached hydrogen (secondary N) is 1. The van der Waals surface area contributed by atoms with Crippen molar-refractivity contribution in [3.8, 4) is 0 Å². The Balaban J connectivity index is 2.02. The Morgan fingerprint density at radius 3 is 2.83 bits per heavy atom. The van der Waals surface area contributed by atoms with Gasteiger partial charge in [-0.15, -0.1) is 0 Å². The summed E-state index contributed by atoms with van der Waals surface area (Å²) in [7, 11) is 1.49. The van der Waals surface area contributed by atoms with Crippen molar-refractivity contribution < 1.29 is 27.1 Å². The lowest BCUT2D eigenvalue weighted by atomic mass is 9.98. The smallest absolute Gasteiger partial charge is 0.393 e. The summed E-state index contributed by atoms with van der Waals surface area (Å²) in [5, 5.41) is 2.71. The summed E-state index contributed by atoms with van der Waals surface area (Å²) < 4.78 is 49.3. The van der Waals surface area contributed by atoms with E-state index in [2.05, 4.69) is 5.32 Å². The molecular formula is C16H23F3N2O3. The molecule has 1 fully saturated rings. The molecule has 24 heavy (non-hydrogen) atoms. The van der Waals surface area contributed by atoms with Crippen molar-refractivity contribution >= 4 is 6.03 Å². The van der Waals surface area contributed by atoms with E-state index in [1.54, 1.807) is 6.07 Å². The lowest BCUT2D eigenvalue weighted by Crippen LogP contribution is -2.49. The molecule has 2 atom stereocenters. The number of alkyl halides is 3. The molecule has 136 valence electrons. The highest BCUT2D eigenvalue weighted by atomic mass is 19.4. The Labute approximate surface area is 139 Å². The molecule has 0 radical (unpaired) electrons. The zero-order valence-corrected chi connectivity index (χ0v) is 13.9. The molecule has 1 saturated heterocycles. The molecule has 2 amide bonds. The first-order chi connectivity index (χ1) is 11.3. The number of halogens is 3. The average Bonchev–Trinajstić information content (AvgIpc) is 3.02. The number of hydrogen-bond donors (Lipinski definition) is 1. The topological polar surface area (TPSA) is 54.7 Å². The SMILES string of the molecule is CCc1ccc([C@H](COC)NC(=O)N2CCC[C@H](C(F)(F)F)C2)o1. The molecule has 2 heterocycles. The largest absolute Gasteiger partial charge is 0.464 e. The van der Waals surface area contributed by atoms with Crippen molar-refractivity contribution in [1.82, 2.24) is 10.2 Å². The van der Waals surface area contributed by atoms with Gasteiger partial charge in [0.05, 0.1) is 12.5 Å². The number of piperidine rings is 1. The molecule has 8 heteroatoms. The first kappa shape index (κ1) is 18.6. The summed E-state index contributed by atoms with van der Waals surface area (Å²) >= 11 is 0. The highest BCUT2D eigenvalue weighted by Crippen LogP contribution is 2.33. The first-order valence-electron chi connectivity index (χ1n) is 8.04. The van der Waals surface area contributed by atoms with Crippen LogP contribution in [0.4, 0.5) is 18.0 Å². The third-order valence-corrected chi connectivity index (χ3v) is 4.18. The molecule has 1 aromatic heterocycles. The van der Waals surface area contributed by atoms with Gasteiger partial charge in [-0.1, -0.05) is 6.92 Å². The van der Waals surface area contributed by atoms with Gasteiger partial charge in [-0.3, -0.25) is 0 Å². The van der Waals surface area contributed by atoms with Crippen LogP contribution in [0.2, 0.25) is 0 Å². The number of rotatable bonds is 5. The van der Waals surface area contributed by atoms with Gasteiger partial charge in [0.25, 0.3) is 0 Å². The third-order valence-electron chi connectivity index (χ3n) is 4.18. The maximum absolute atomic E-state index is 12.9. The van der Waals surface area contributed by atoms with Gasteiger partial charge < -0.3 is 19.4 Å². The van der Waals surface area contributed by atoms with Crippen molar-refractivity contribution in [3.05, 3.63) is 23.7 Å². The van der Waals surface area contributed by atoms with Crippen LogP contribution in [-0.2, 0) is 11.2 Å². The second-order valence-electron chi connectivity index (χ2n) is 5.94. The predicted molar refractivity (Wildman–Crippen MR) is 81.6 cm³/mol. The van der Waals surface area contributed by atoms with E-state index in [0.717, 1.165) is 5.76 Å². The van der Waals surface area contributed by atoms with Gasteiger partial charge in [0, 0.05) is 26.6 Å². The average molecular weight is 348 g/mol. The van der Waals surface area contributed by atoms with Crippen LogP contribution < -0.4 is 5.32 Å². The molecule has 1 aliphatic heterocycles. The van der Waals surface area contributed by atoms with Crippen LogP contribution in [0, 0.1) is 5.92 Å². The summed E-state index contributed by atoms with van der Waals surface area (Å²) in [4.78, 5) is 13.6. The minimum atomic E-state index is -4.28. The fourth-order valence-electron chi connectivity index (χ4n) is 2.80. The number of carbonyl (C=O) groups excluding carboxylic acids is 1. The van der Waals surface area contributed by atoms with E-state index in [1.807, 2.05) is 13.0 Å². The molecule has 1 aliphatic rings.